The summed E-state index contributed by atoms with van der Waals surface area (Å²) < 4.78 is 24.3. The van der Waals surface area contributed by atoms with Crippen molar-refractivity contribution in [2.24, 2.45) is 0 Å². The highest BCUT2D eigenvalue weighted by Crippen LogP contribution is 2.40. The van der Waals surface area contributed by atoms with Crippen molar-refractivity contribution in [3.8, 4) is 11.5 Å². The zero-order valence-electron chi connectivity index (χ0n) is 18.4. The van der Waals surface area contributed by atoms with Crippen molar-refractivity contribution >= 4 is 23.1 Å². The molecule has 2 aliphatic rings. The third kappa shape index (κ3) is 3.82. The summed E-state index contributed by atoms with van der Waals surface area (Å²) in [5.41, 5.74) is 1.46. The van der Waals surface area contributed by atoms with Gasteiger partial charge in [0.2, 0.25) is 0 Å². The third-order valence-electron chi connectivity index (χ3n) is 5.96. The molecule has 0 aromatic heterocycles. The van der Waals surface area contributed by atoms with Crippen LogP contribution in [0.2, 0.25) is 0 Å². The van der Waals surface area contributed by atoms with Crippen LogP contribution in [0.5, 0.6) is 11.5 Å². The Morgan fingerprint density at radius 1 is 0.906 bits per heavy atom. The van der Waals surface area contributed by atoms with E-state index in [1.54, 1.807) is 18.2 Å². The van der Waals surface area contributed by atoms with E-state index in [1.165, 1.54) is 38.5 Å². The third-order valence-corrected chi connectivity index (χ3v) is 5.96. The SMILES string of the molecule is CCN1CCN(C2=C(c3ccc(F)cc3)C(=O)N(c3ccc(OC)cc3OC)C2=O)CC1. The average molecular weight is 439 g/mol. The Balaban J connectivity index is 1.79. The van der Waals surface area contributed by atoms with E-state index in [0.717, 1.165) is 24.5 Å². The van der Waals surface area contributed by atoms with Crippen molar-refractivity contribution in [3.63, 3.8) is 0 Å². The zero-order chi connectivity index (χ0) is 22.8. The molecule has 8 heteroatoms. The second-order valence-corrected chi connectivity index (χ2v) is 7.64. The van der Waals surface area contributed by atoms with Gasteiger partial charge in [-0.05, 0) is 36.4 Å². The summed E-state index contributed by atoms with van der Waals surface area (Å²) >= 11 is 0. The molecule has 4 rings (SSSR count). The number of amides is 2. The first-order chi connectivity index (χ1) is 15.5. The van der Waals surface area contributed by atoms with Crippen molar-refractivity contribution < 1.29 is 23.5 Å². The molecule has 2 aromatic carbocycles. The number of rotatable bonds is 6. The molecule has 0 unspecified atom stereocenters. The predicted molar refractivity (Wildman–Crippen MR) is 119 cm³/mol. The average Bonchev–Trinajstić information content (AvgIpc) is 3.09. The number of ether oxygens (including phenoxy) is 2. The molecule has 0 bridgehead atoms. The standard InChI is InChI=1S/C24H26FN3O4/c1-4-26-11-13-27(14-12-26)22-21(16-5-7-17(25)8-6-16)23(29)28(24(22)30)19-10-9-18(31-2)15-20(19)32-3/h5-10,15H,4,11-14H2,1-3H3. The Morgan fingerprint density at radius 3 is 2.19 bits per heavy atom. The summed E-state index contributed by atoms with van der Waals surface area (Å²) in [6, 6.07) is 10.6. The summed E-state index contributed by atoms with van der Waals surface area (Å²) in [5, 5.41) is 0. The quantitative estimate of drug-likeness (QED) is 0.645. The number of halogens is 1. The maximum Gasteiger partial charge on any atom is 0.282 e. The predicted octanol–water partition coefficient (Wildman–Crippen LogP) is 2.76. The minimum absolute atomic E-state index is 0.276. The molecule has 1 saturated heterocycles. The second-order valence-electron chi connectivity index (χ2n) is 7.64. The van der Waals surface area contributed by atoms with Crippen LogP contribution >= 0.6 is 0 Å². The van der Waals surface area contributed by atoms with Crippen molar-refractivity contribution in [2.45, 2.75) is 6.92 Å². The molecule has 7 nitrogen and oxygen atoms in total. The number of carbonyl (C=O) groups excluding carboxylic acids is 2. The van der Waals surface area contributed by atoms with Crippen molar-refractivity contribution in [1.82, 2.24) is 9.80 Å². The van der Waals surface area contributed by atoms with Gasteiger partial charge in [-0.3, -0.25) is 9.59 Å². The number of hydrogen-bond acceptors (Lipinski definition) is 6. The molecular weight excluding hydrogens is 413 g/mol. The van der Waals surface area contributed by atoms with Gasteiger partial charge in [0.05, 0.1) is 25.5 Å². The summed E-state index contributed by atoms with van der Waals surface area (Å²) in [5.74, 6) is -0.382. The highest BCUT2D eigenvalue weighted by atomic mass is 19.1. The van der Waals surface area contributed by atoms with Gasteiger partial charge in [0, 0.05) is 32.2 Å². The van der Waals surface area contributed by atoms with Gasteiger partial charge in [0.1, 0.15) is 23.0 Å². The van der Waals surface area contributed by atoms with Gasteiger partial charge in [0.25, 0.3) is 11.8 Å². The van der Waals surface area contributed by atoms with Crippen LogP contribution in [0.1, 0.15) is 12.5 Å². The summed E-state index contributed by atoms with van der Waals surface area (Å²) in [7, 11) is 3.01. The van der Waals surface area contributed by atoms with Crippen LogP contribution in [-0.2, 0) is 9.59 Å². The molecule has 0 atom stereocenters. The number of methoxy groups -OCH3 is 2. The normalized spacial score (nSPS) is 17.4. The summed E-state index contributed by atoms with van der Waals surface area (Å²) in [6.45, 7) is 5.87. The van der Waals surface area contributed by atoms with E-state index in [2.05, 4.69) is 11.8 Å². The Bertz CT molecular complexity index is 1060. The molecular formula is C24H26FN3O4. The number of anilines is 1. The van der Waals surface area contributed by atoms with E-state index in [4.69, 9.17) is 9.47 Å². The Kier molecular flexibility index (Phi) is 6.14. The Labute approximate surface area is 186 Å². The molecule has 2 aromatic rings. The molecule has 2 aliphatic heterocycles. The van der Waals surface area contributed by atoms with Crippen LogP contribution in [-0.4, -0.2) is 68.6 Å². The molecule has 2 amide bonds. The summed E-state index contributed by atoms with van der Waals surface area (Å²) in [6.07, 6.45) is 0. The van der Waals surface area contributed by atoms with Crippen LogP contribution in [0.4, 0.5) is 10.1 Å². The van der Waals surface area contributed by atoms with Crippen LogP contribution in [0, 0.1) is 5.82 Å². The Morgan fingerprint density at radius 2 is 1.59 bits per heavy atom. The highest BCUT2D eigenvalue weighted by molar-refractivity contribution is 6.45. The fourth-order valence-corrected chi connectivity index (χ4v) is 4.16. The van der Waals surface area contributed by atoms with E-state index in [1.807, 2.05) is 4.90 Å². The molecule has 0 radical (unpaired) electrons. The molecule has 0 aliphatic carbocycles. The number of benzene rings is 2. The van der Waals surface area contributed by atoms with E-state index >= 15 is 0 Å². The molecule has 2 heterocycles. The summed E-state index contributed by atoms with van der Waals surface area (Å²) in [4.78, 5) is 32.7. The van der Waals surface area contributed by atoms with Crippen molar-refractivity contribution in [1.29, 1.82) is 0 Å². The maximum absolute atomic E-state index is 13.7. The number of carbonyl (C=O) groups is 2. The molecule has 1 fully saturated rings. The first-order valence-electron chi connectivity index (χ1n) is 10.6. The van der Waals surface area contributed by atoms with Crippen molar-refractivity contribution in [2.75, 3.05) is 51.8 Å². The van der Waals surface area contributed by atoms with Gasteiger partial charge in [-0.2, -0.15) is 0 Å². The number of nitrogens with zero attached hydrogens (tertiary/aromatic N) is 3. The van der Waals surface area contributed by atoms with Crippen molar-refractivity contribution in [3.05, 3.63) is 59.5 Å². The number of likely N-dealkylation sites (N-methyl/N-ethyl adjacent to an activating group) is 1. The van der Waals surface area contributed by atoms with Crippen LogP contribution in [0.15, 0.2) is 48.2 Å². The number of piperazine rings is 1. The van der Waals surface area contributed by atoms with Crippen LogP contribution < -0.4 is 14.4 Å². The minimum atomic E-state index is -0.460. The number of imide groups is 1. The lowest BCUT2D eigenvalue weighted by Gasteiger charge is -2.36. The zero-order valence-corrected chi connectivity index (χ0v) is 18.4. The topological polar surface area (TPSA) is 62.3 Å². The lowest BCUT2D eigenvalue weighted by atomic mass is 10.0. The van der Waals surface area contributed by atoms with E-state index in [-0.39, 0.29) is 5.57 Å². The smallest absolute Gasteiger partial charge is 0.282 e. The van der Waals surface area contributed by atoms with Gasteiger partial charge in [-0.15, -0.1) is 0 Å². The highest BCUT2D eigenvalue weighted by Gasteiger charge is 2.44. The van der Waals surface area contributed by atoms with Gasteiger partial charge >= 0.3 is 0 Å². The van der Waals surface area contributed by atoms with E-state index < -0.39 is 17.6 Å². The number of hydrogen-bond donors (Lipinski definition) is 0. The molecule has 32 heavy (non-hydrogen) atoms. The first kappa shape index (κ1) is 21.8. The lowest BCUT2D eigenvalue weighted by molar-refractivity contribution is -0.120. The van der Waals surface area contributed by atoms with Gasteiger partial charge in [-0.1, -0.05) is 19.1 Å². The molecule has 0 saturated carbocycles. The fraction of sp³-hybridized carbons (Fsp3) is 0.333. The largest absolute Gasteiger partial charge is 0.497 e. The monoisotopic (exact) mass is 439 g/mol. The van der Waals surface area contributed by atoms with E-state index in [0.29, 0.717) is 41.5 Å². The fourth-order valence-electron chi connectivity index (χ4n) is 4.16. The molecule has 0 spiro atoms. The minimum Gasteiger partial charge on any atom is -0.497 e. The second kappa shape index (κ2) is 9.00. The van der Waals surface area contributed by atoms with Crippen LogP contribution in [0.25, 0.3) is 5.57 Å². The molecule has 0 N–H and O–H groups in total. The van der Waals surface area contributed by atoms with E-state index in [9.17, 15) is 14.0 Å². The first-order valence-corrected chi connectivity index (χ1v) is 10.6. The molecule has 168 valence electrons. The van der Waals surface area contributed by atoms with Crippen LogP contribution in [0.3, 0.4) is 0 Å². The Hall–Kier alpha value is -3.39. The van der Waals surface area contributed by atoms with Gasteiger partial charge < -0.3 is 19.3 Å². The van der Waals surface area contributed by atoms with Gasteiger partial charge in [-0.25, -0.2) is 9.29 Å². The maximum atomic E-state index is 13.7. The van der Waals surface area contributed by atoms with Gasteiger partial charge in [0.15, 0.2) is 0 Å². The lowest BCUT2D eigenvalue weighted by Crippen LogP contribution is -2.47.